The molecule has 0 fully saturated rings. The van der Waals surface area contributed by atoms with E-state index < -0.39 is 35.1 Å². The lowest BCUT2D eigenvalue weighted by molar-refractivity contribution is -0.192. The molecular weight excluding hydrogens is 461 g/mol. The zero-order valence-corrected chi connectivity index (χ0v) is 20.1. The van der Waals surface area contributed by atoms with Crippen LogP contribution in [0.3, 0.4) is 0 Å². The molecule has 2 aromatic rings. The number of carbonyl (C=O) groups is 3. The number of carbonyl (C=O) groups excluding carboxylic acids is 3. The van der Waals surface area contributed by atoms with Crippen LogP contribution in [0.15, 0.2) is 65.9 Å². The van der Waals surface area contributed by atoms with Crippen LogP contribution >= 0.6 is 0 Å². The number of hydrogen-bond donors (Lipinski definition) is 1. The Balaban J connectivity index is 2.09. The molecule has 1 atom stereocenters. The number of halogens is 3. The van der Waals surface area contributed by atoms with E-state index in [-0.39, 0.29) is 23.2 Å². The van der Waals surface area contributed by atoms with Crippen LogP contribution in [-0.4, -0.2) is 41.5 Å². The minimum Gasteiger partial charge on any atom is -0.466 e. The van der Waals surface area contributed by atoms with Gasteiger partial charge in [-0.3, -0.25) is 9.59 Å². The van der Waals surface area contributed by atoms with Crippen LogP contribution in [0, 0.1) is 0 Å². The minimum absolute atomic E-state index is 0.0854. The van der Waals surface area contributed by atoms with Gasteiger partial charge in [0.05, 0.1) is 13.7 Å². The Morgan fingerprint density at radius 1 is 1.00 bits per heavy atom. The van der Waals surface area contributed by atoms with Gasteiger partial charge in [-0.2, -0.15) is 13.2 Å². The Bertz CT molecular complexity index is 1170. The fourth-order valence-corrected chi connectivity index (χ4v) is 4.04. The first-order valence-electron chi connectivity index (χ1n) is 10.9. The normalized spacial score (nSPS) is 18.6. The second-order valence-electron chi connectivity index (χ2n) is 9.36. The number of methoxy groups -OCH3 is 1. The first-order valence-corrected chi connectivity index (χ1v) is 10.9. The molecule has 0 unspecified atom stereocenters. The van der Waals surface area contributed by atoms with E-state index >= 15 is 0 Å². The van der Waals surface area contributed by atoms with E-state index in [9.17, 15) is 27.6 Å². The molecule has 1 aliphatic heterocycles. The highest BCUT2D eigenvalue weighted by atomic mass is 19.4. The summed E-state index contributed by atoms with van der Waals surface area (Å²) in [5.74, 6) is -3.98. The first-order chi connectivity index (χ1) is 16.2. The van der Waals surface area contributed by atoms with Gasteiger partial charge < -0.3 is 15.0 Å². The van der Waals surface area contributed by atoms with Gasteiger partial charge >= 0.3 is 12.1 Å². The Kier molecular flexibility index (Phi) is 6.83. The van der Waals surface area contributed by atoms with E-state index in [1.54, 1.807) is 42.5 Å². The smallest absolute Gasteiger partial charge is 0.425 e. The molecule has 0 aliphatic carbocycles. The van der Waals surface area contributed by atoms with E-state index in [1.165, 1.54) is 19.1 Å². The quantitative estimate of drug-likeness (QED) is 0.629. The maximum absolute atomic E-state index is 14.7. The van der Waals surface area contributed by atoms with Crippen molar-refractivity contribution in [3.63, 3.8) is 0 Å². The average Bonchev–Trinajstić information content (AvgIpc) is 3.00. The summed E-state index contributed by atoms with van der Waals surface area (Å²) >= 11 is 0. The van der Waals surface area contributed by atoms with Gasteiger partial charge in [0.1, 0.15) is 5.57 Å². The summed E-state index contributed by atoms with van der Waals surface area (Å²) < 4.78 is 48.7. The number of ether oxygens (including phenoxy) is 1. The largest absolute Gasteiger partial charge is 0.466 e. The fraction of sp³-hybridized carbons (Fsp3) is 0.346. The van der Waals surface area contributed by atoms with Crippen molar-refractivity contribution >= 4 is 17.8 Å². The van der Waals surface area contributed by atoms with Gasteiger partial charge in [-0.15, -0.1) is 0 Å². The van der Waals surface area contributed by atoms with E-state index in [2.05, 4.69) is 4.74 Å². The van der Waals surface area contributed by atoms with Crippen LogP contribution in [0.25, 0.3) is 0 Å². The topological polar surface area (TPSA) is 75.7 Å². The van der Waals surface area contributed by atoms with Crippen LogP contribution in [-0.2, 0) is 26.3 Å². The number of allylic oxidation sites excluding steroid dienone is 1. The summed E-state index contributed by atoms with van der Waals surface area (Å²) in [5.41, 5.74) is -3.71. The monoisotopic (exact) mass is 488 g/mol. The van der Waals surface area contributed by atoms with E-state index in [1.807, 2.05) is 26.1 Å². The van der Waals surface area contributed by atoms with Crippen molar-refractivity contribution in [2.24, 2.45) is 0 Å². The Labute approximate surface area is 201 Å². The van der Waals surface area contributed by atoms with Crippen LogP contribution in [0.1, 0.15) is 49.2 Å². The first kappa shape index (κ1) is 26.0. The molecule has 9 heteroatoms. The van der Waals surface area contributed by atoms with Crippen molar-refractivity contribution in [3.8, 4) is 0 Å². The Hall–Kier alpha value is -3.62. The van der Waals surface area contributed by atoms with Crippen LogP contribution in [0.5, 0.6) is 0 Å². The number of nitrogens with zero attached hydrogens (tertiary/aromatic N) is 1. The molecular formula is C26H27F3N2O4. The van der Waals surface area contributed by atoms with Gasteiger partial charge in [-0.05, 0) is 35.6 Å². The minimum atomic E-state index is -5.33. The highest BCUT2D eigenvalue weighted by Gasteiger charge is 2.70. The number of nitrogens with one attached hydrogen (secondary N) is 1. The van der Waals surface area contributed by atoms with Crippen molar-refractivity contribution in [2.75, 3.05) is 7.11 Å². The lowest BCUT2D eigenvalue weighted by atomic mass is 9.86. The molecule has 1 N–H and O–H groups in total. The van der Waals surface area contributed by atoms with Crippen LogP contribution in [0.4, 0.5) is 13.2 Å². The lowest BCUT2D eigenvalue weighted by Gasteiger charge is -2.33. The maximum Gasteiger partial charge on any atom is 0.425 e. The van der Waals surface area contributed by atoms with Crippen molar-refractivity contribution in [1.82, 2.24) is 10.2 Å². The van der Waals surface area contributed by atoms with Gasteiger partial charge in [0.2, 0.25) is 0 Å². The van der Waals surface area contributed by atoms with Gasteiger partial charge in [0, 0.05) is 11.3 Å². The average molecular weight is 489 g/mol. The van der Waals surface area contributed by atoms with Crippen molar-refractivity contribution in [1.29, 1.82) is 0 Å². The zero-order chi connectivity index (χ0) is 26.2. The molecule has 0 saturated heterocycles. The van der Waals surface area contributed by atoms with Crippen molar-refractivity contribution < 1.29 is 32.3 Å². The maximum atomic E-state index is 14.7. The Morgan fingerprint density at radius 2 is 1.57 bits per heavy atom. The molecule has 0 spiro atoms. The summed E-state index contributed by atoms with van der Waals surface area (Å²) in [5, 5.41) is 1.85. The van der Waals surface area contributed by atoms with Crippen LogP contribution < -0.4 is 5.32 Å². The molecule has 6 nitrogen and oxygen atoms in total. The molecule has 0 aromatic heterocycles. The molecule has 35 heavy (non-hydrogen) atoms. The molecule has 186 valence electrons. The third kappa shape index (κ3) is 4.67. The molecule has 3 rings (SSSR count). The van der Waals surface area contributed by atoms with Crippen molar-refractivity contribution in [2.45, 2.75) is 51.4 Å². The van der Waals surface area contributed by atoms with Crippen LogP contribution in [0.2, 0.25) is 0 Å². The molecule has 2 aromatic carbocycles. The predicted molar refractivity (Wildman–Crippen MR) is 123 cm³/mol. The molecule has 1 aliphatic rings. The lowest BCUT2D eigenvalue weighted by Crippen LogP contribution is -2.66. The van der Waals surface area contributed by atoms with Gasteiger partial charge in [-0.1, -0.05) is 63.2 Å². The van der Waals surface area contributed by atoms with Gasteiger partial charge in [0.25, 0.3) is 17.4 Å². The molecule has 0 saturated carbocycles. The summed E-state index contributed by atoms with van der Waals surface area (Å²) in [4.78, 5) is 39.9. The predicted octanol–water partition coefficient (Wildman–Crippen LogP) is 4.50. The summed E-state index contributed by atoms with van der Waals surface area (Å²) in [7, 11) is 0.918. The summed E-state index contributed by atoms with van der Waals surface area (Å²) in [6.07, 6.45) is -5.33. The highest BCUT2D eigenvalue weighted by molar-refractivity contribution is 6.11. The SMILES string of the molecule is COC(=O)C1=C(C)N(Cc2ccccc2)C(=O)[C@@]1(NC(=O)c1ccc(C(C)(C)C)cc1)C(F)(F)F. The third-order valence-electron chi connectivity index (χ3n) is 6.02. The van der Waals surface area contributed by atoms with Crippen molar-refractivity contribution in [3.05, 3.63) is 82.6 Å². The molecule has 2 amide bonds. The number of alkyl halides is 3. The van der Waals surface area contributed by atoms with Gasteiger partial charge in [0.15, 0.2) is 0 Å². The summed E-state index contributed by atoms with van der Waals surface area (Å²) in [6, 6.07) is 14.4. The number of hydrogen-bond acceptors (Lipinski definition) is 4. The summed E-state index contributed by atoms with van der Waals surface area (Å²) in [6.45, 7) is 6.87. The number of esters is 1. The molecule has 1 heterocycles. The second-order valence-corrected chi connectivity index (χ2v) is 9.36. The number of benzene rings is 2. The fourth-order valence-electron chi connectivity index (χ4n) is 4.04. The number of amides is 2. The molecule has 0 radical (unpaired) electrons. The Morgan fingerprint density at radius 3 is 2.06 bits per heavy atom. The second kappa shape index (κ2) is 9.20. The third-order valence-corrected chi connectivity index (χ3v) is 6.02. The van der Waals surface area contributed by atoms with Gasteiger partial charge in [-0.25, -0.2) is 4.79 Å². The highest BCUT2D eigenvalue weighted by Crippen LogP contribution is 2.45. The number of rotatable bonds is 5. The van der Waals surface area contributed by atoms with E-state index in [0.29, 0.717) is 5.56 Å². The molecule has 0 bridgehead atoms. The standard InChI is InChI=1S/C26H27F3N2O4/c1-16-20(22(33)35-5)25(26(27,28)29,23(34)31(16)15-17-9-7-6-8-10-17)30-21(32)18-11-13-19(14-12-18)24(2,3)4/h6-14H,15H2,1-5H3,(H,30,32)/t25-/m1/s1. The van der Waals surface area contributed by atoms with E-state index in [4.69, 9.17) is 0 Å². The zero-order valence-electron chi connectivity index (χ0n) is 20.1. The van der Waals surface area contributed by atoms with E-state index in [0.717, 1.165) is 17.6 Å².